The lowest BCUT2D eigenvalue weighted by molar-refractivity contribution is -0.742. The summed E-state index contributed by atoms with van der Waals surface area (Å²) in [6, 6.07) is 0. The number of hydrogen-bond acceptors (Lipinski definition) is 12. The van der Waals surface area contributed by atoms with Crippen LogP contribution in [0.2, 0.25) is 0 Å². The minimum Gasteiger partial charge on any atom is -0.396 e. The first kappa shape index (κ1) is 38.4. The van der Waals surface area contributed by atoms with Crippen LogP contribution in [0.4, 0.5) is 0 Å². The molecule has 0 saturated carbocycles. The van der Waals surface area contributed by atoms with Gasteiger partial charge in [-0.15, -0.1) is 40.5 Å². The van der Waals surface area contributed by atoms with Gasteiger partial charge in [0.05, 0.1) is 31.8 Å². The van der Waals surface area contributed by atoms with E-state index in [0.29, 0.717) is 0 Å². The molecule has 0 unspecified atom stereocenters. The molecule has 0 bridgehead atoms. The normalized spacial score (nSPS) is 7.85. The second-order valence-corrected chi connectivity index (χ2v) is 3.08. The Bertz CT molecular complexity index is 281. The van der Waals surface area contributed by atoms with Crippen molar-refractivity contribution in [1.82, 2.24) is 0 Å². The van der Waals surface area contributed by atoms with E-state index >= 15 is 0 Å². The number of aliphatic hydroxyl groups is 4. The van der Waals surface area contributed by atoms with Crippen molar-refractivity contribution in [3.8, 4) is 0 Å². The van der Waals surface area contributed by atoms with Crippen molar-refractivity contribution in [3.63, 3.8) is 0 Å². The zero-order chi connectivity index (χ0) is 21.6. The molecular formula is C5H20N4O16Si. The molecule has 0 heterocycles. The van der Waals surface area contributed by atoms with E-state index in [0.717, 1.165) is 0 Å². The predicted octanol–water partition coefficient (Wildman–Crippen LogP) is -4.90. The van der Waals surface area contributed by atoms with E-state index in [4.69, 9.17) is 81.7 Å². The summed E-state index contributed by atoms with van der Waals surface area (Å²) in [6.07, 6.45) is 0. The zero-order valence-electron chi connectivity index (χ0n) is 12.0. The number of hydrogen-bond donors (Lipinski definition) is 8. The molecule has 0 aliphatic heterocycles. The van der Waals surface area contributed by atoms with Gasteiger partial charge < -0.3 is 41.3 Å². The molecule has 0 amide bonds. The van der Waals surface area contributed by atoms with Crippen molar-refractivity contribution >= 4 is 11.0 Å². The summed E-state index contributed by atoms with van der Waals surface area (Å²) in [7, 11) is 0. The van der Waals surface area contributed by atoms with Gasteiger partial charge in [0.25, 0.3) is 20.3 Å². The van der Waals surface area contributed by atoms with E-state index in [9.17, 15) is 0 Å². The number of rotatable bonds is 4. The van der Waals surface area contributed by atoms with E-state index in [2.05, 4.69) is 0 Å². The summed E-state index contributed by atoms with van der Waals surface area (Å²) >= 11 is 0. The average Bonchev–Trinajstić information content (AvgIpc) is 2.39. The maximum absolute atomic E-state index is 8.50. The largest absolute Gasteiger partial charge is 0.396 e. The molecule has 0 aliphatic carbocycles. The molecule has 0 spiro atoms. The van der Waals surface area contributed by atoms with E-state index < -0.39 is 52.2 Å². The van der Waals surface area contributed by atoms with E-state index in [1.807, 2.05) is 0 Å². The predicted molar refractivity (Wildman–Crippen MR) is 77.2 cm³/mol. The highest BCUT2D eigenvalue weighted by Gasteiger charge is 2.26. The summed E-state index contributed by atoms with van der Waals surface area (Å²) in [5.74, 6) is 0. The van der Waals surface area contributed by atoms with Crippen molar-refractivity contribution in [2.45, 2.75) is 0 Å². The summed E-state index contributed by atoms with van der Waals surface area (Å²) < 4.78 is 0. The number of nitrogens with zero attached hydrogens (tertiary/aromatic N) is 4. The van der Waals surface area contributed by atoms with Crippen LogP contribution in [-0.2, 0) is 0 Å². The second-order valence-electron chi connectivity index (χ2n) is 3.08. The molecule has 160 valence electrons. The van der Waals surface area contributed by atoms with E-state index in [1.165, 1.54) is 0 Å². The van der Waals surface area contributed by atoms with Gasteiger partial charge >= 0.3 is 0 Å². The van der Waals surface area contributed by atoms with Crippen molar-refractivity contribution in [3.05, 3.63) is 40.5 Å². The van der Waals surface area contributed by atoms with Gasteiger partial charge in [0.15, 0.2) is 0 Å². The quantitative estimate of drug-likeness (QED) is 0.120. The van der Waals surface area contributed by atoms with Crippen LogP contribution >= 0.6 is 0 Å². The van der Waals surface area contributed by atoms with Gasteiger partial charge in [-0.25, -0.2) is 0 Å². The van der Waals surface area contributed by atoms with Crippen molar-refractivity contribution in [2.24, 2.45) is 5.41 Å². The topological polar surface area (TPSA) is 334 Å². The van der Waals surface area contributed by atoms with Crippen LogP contribution in [0.15, 0.2) is 0 Å². The lowest BCUT2D eigenvalue weighted by Crippen LogP contribution is -2.37. The Kier molecular flexibility index (Phi) is 39.5. The van der Waals surface area contributed by atoms with Gasteiger partial charge in [0.1, 0.15) is 0 Å². The molecular weight excluding hydrogens is 400 g/mol. The van der Waals surface area contributed by atoms with E-state index in [1.54, 1.807) is 0 Å². The molecule has 0 aromatic rings. The van der Waals surface area contributed by atoms with Gasteiger partial charge in [-0.05, 0) is 11.0 Å². The second kappa shape index (κ2) is 26.7. The highest BCUT2D eigenvalue weighted by molar-refractivity contribution is 5.75. The Morgan fingerprint density at radius 3 is 0.615 bits per heavy atom. The van der Waals surface area contributed by atoms with Gasteiger partial charge in [0.2, 0.25) is 0 Å². The van der Waals surface area contributed by atoms with Crippen molar-refractivity contribution < 1.29 is 61.6 Å². The molecule has 26 heavy (non-hydrogen) atoms. The minimum atomic E-state index is -1.50. The fraction of sp³-hybridized carbons (Fsp3) is 1.00. The highest BCUT2D eigenvalue weighted by atomic mass is 28.1. The molecule has 0 fully saturated rings. The Balaban J connectivity index is -0.0000000508. The van der Waals surface area contributed by atoms with Crippen LogP contribution in [0.3, 0.4) is 0 Å². The zero-order valence-corrected chi connectivity index (χ0v) is 12.0. The van der Waals surface area contributed by atoms with Gasteiger partial charge in [-0.3, -0.25) is 0 Å². The van der Waals surface area contributed by atoms with Crippen LogP contribution in [0.1, 0.15) is 0 Å². The molecule has 21 heteroatoms. The first-order valence-electron chi connectivity index (χ1n) is 4.94. The number of aliphatic hydroxyl groups excluding tert-OH is 4. The first-order valence-corrected chi connectivity index (χ1v) is 4.94. The van der Waals surface area contributed by atoms with Crippen molar-refractivity contribution in [1.29, 1.82) is 0 Å². The summed E-state index contributed by atoms with van der Waals surface area (Å²) in [5.41, 5.74) is -1.11. The summed E-state index contributed by atoms with van der Waals surface area (Å²) in [6.45, 7) is -1.62. The Morgan fingerprint density at radius 2 is 0.615 bits per heavy atom. The van der Waals surface area contributed by atoms with Crippen LogP contribution in [0, 0.1) is 45.9 Å². The molecule has 0 aromatic heterocycles. The lowest BCUT2D eigenvalue weighted by atomic mass is 9.93. The Hall–Kier alpha value is -3.14. The molecule has 0 saturated heterocycles. The third-order valence-electron chi connectivity index (χ3n) is 1.34. The fourth-order valence-electron chi connectivity index (χ4n) is 0.300. The summed E-state index contributed by atoms with van der Waals surface area (Å²) in [4.78, 5) is 33.4. The lowest BCUT2D eigenvalue weighted by Gasteiger charge is -2.23. The molecule has 0 aromatic carbocycles. The van der Waals surface area contributed by atoms with Crippen molar-refractivity contribution in [2.75, 3.05) is 26.4 Å². The molecule has 0 aliphatic rings. The van der Waals surface area contributed by atoms with Crippen LogP contribution in [0.25, 0.3) is 0 Å². The van der Waals surface area contributed by atoms with Gasteiger partial charge in [-0.1, -0.05) is 0 Å². The SMILES string of the molecule is O=[N+]([O-])O.O=[N+]([O-])O.O=[N+]([O-])O.O=[N+]([O-])O.OCC(CO)(CO)CO.[SiH4]. The maximum atomic E-state index is 8.50. The minimum absolute atomic E-state index is 0. The highest BCUT2D eigenvalue weighted by Crippen LogP contribution is 2.11. The molecule has 0 radical (unpaired) electrons. The summed E-state index contributed by atoms with van der Waals surface area (Å²) in [5, 5.41) is 88.5. The third kappa shape index (κ3) is 105. The van der Waals surface area contributed by atoms with Crippen LogP contribution < -0.4 is 0 Å². The molecule has 0 atom stereocenters. The molecule has 20 nitrogen and oxygen atoms in total. The third-order valence-corrected chi connectivity index (χ3v) is 1.34. The Morgan fingerprint density at radius 1 is 0.538 bits per heavy atom. The van der Waals surface area contributed by atoms with E-state index in [-0.39, 0.29) is 11.0 Å². The smallest absolute Gasteiger partial charge is 0.291 e. The average molecular weight is 420 g/mol. The maximum Gasteiger partial charge on any atom is 0.291 e. The van der Waals surface area contributed by atoms with Gasteiger partial charge in [-0.2, -0.15) is 0 Å². The standard InChI is InChI=1S/C5H12O4.4HNO3.H4Si/c6-1-5(2-7,3-8)4-9;4*2-1(3)4;/h6-9H,1-4H2;4*(H,2,3,4);1H4. The monoisotopic (exact) mass is 420 g/mol. The van der Waals surface area contributed by atoms with Crippen LogP contribution in [0.5, 0.6) is 0 Å². The fourth-order valence-corrected chi connectivity index (χ4v) is 0.300. The first-order chi connectivity index (χ1) is 11.2. The Labute approximate surface area is 146 Å². The molecule has 0 rings (SSSR count). The van der Waals surface area contributed by atoms with Crippen LogP contribution in [-0.4, -0.2) is 99.0 Å². The van der Waals surface area contributed by atoms with Gasteiger partial charge in [0, 0.05) is 0 Å². The molecule has 8 N–H and O–H groups in total.